The van der Waals surface area contributed by atoms with Crippen molar-refractivity contribution in [1.29, 1.82) is 0 Å². The first kappa shape index (κ1) is 20.3. The van der Waals surface area contributed by atoms with Gasteiger partial charge in [-0.05, 0) is 18.6 Å². The molecule has 1 aromatic carbocycles. The number of hydrogen-bond acceptors (Lipinski definition) is 8. The zero-order chi connectivity index (χ0) is 22.8. The summed E-state index contributed by atoms with van der Waals surface area (Å²) in [6, 6.07) is 8.51. The first-order chi connectivity index (χ1) is 15.3. The Kier molecular flexibility index (Phi) is 4.40. The van der Waals surface area contributed by atoms with Crippen molar-refractivity contribution >= 4 is 16.9 Å². The van der Waals surface area contributed by atoms with E-state index in [1.54, 1.807) is 37.3 Å². The largest absolute Gasteiger partial charge is 0.458 e. The van der Waals surface area contributed by atoms with Crippen LogP contribution in [-0.2, 0) is 28.3 Å². The van der Waals surface area contributed by atoms with Crippen LogP contribution in [0.25, 0.3) is 22.3 Å². The van der Waals surface area contributed by atoms with E-state index in [9.17, 15) is 29.9 Å². The number of cyclic esters (lactones) is 1. The smallest absolute Gasteiger partial charge is 0.343 e. The molecule has 0 saturated carbocycles. The molecular formula is C22H19N3O7. The number of fused-ring (bicyclic) bond motifs is 5. The molecule has 164 valence electrons. The summed E-state index contributed by atoms with van der Waals surface area (Å²) >= 11 is 0. The normalized spacial score (nSPS) is 19.8. The highest BCUT2D eigenvalue weighted by Crippen LogP contribution is 2.41. The van der Waals surface area contributed by atoms with Crippen LogP contribution in [-0.4, -0.2) is 37.2 Å². The van der Waals surface area contributed by atoms with E-state index in [-0.39, 0.29) is 30.7 Å². The number of nitrogens with zero attached hydrogens (tertiary/aromatic N) is 3. The number of aromatic nitrogens is 2. The minimum atomic E-state index is -1.95. The van der Waals surface area contributed by atoms with Gasteiger partial charge in [0.15, 0.2) is 5.60 Å². The molecule has 2 aromatic heterocycles. The molecule has 0 saturated heterocycles. The average molecular weight is 437 g/mol. The van der Waals surface area contributed by atoms with Crippen LogP contribution in [0.1, 0.15) is 41.7 Å². The number of aliphatic hydroxyl groups is 2. The first-order valence-corrected chi connectivity index (χ1v) is 10.1. The van der Waals surface area contributed by atoms with Crippen LogP contribution in [0.15, 0.2) is 35.1 Å². The lowest BCUT2D eigenvalue weighted by Crippen LogP contribution is -2.44. The third-order valence-electron chi connectivity index (χ3n) is 6.29. The molecule has 0 aliphatic carbocycles. The number of hydrogen-bond donors (Lipinski definition) is 2. The molecule has 0 fully saturated rings. The van der Waals surface area contributed by atoms with Gasteiger partial charge in [0.25, 0.3) is 5.56 Å². The van der Waals surface area contributed by atoms with Crippen LogP contribution in [0.3, 0.4) is 0 Å². The highest BCUT2D eigenvalue weighted by atomic mass is 16.6. The van der Waals surface area contributed by atoms with E-state index in [2.05, 4.69) is 4.98 Å². The number of para-hydroxylation sites is 1. The summed E-state index contributed by atoms with van der Waals surface area (Å²) < 4.78 is 6.50. The van der Waals surface area contributed by atoms with E-state index in [0.29, 0.717) is 33.4 Å². The maximum absolute atomic E-state index is 13.3. The summed E-state index contributed by atoms with van der Waals surface area (Å²) in [5.41, 5.74) is 0.108. The van der Waals surface area contributed by atoms with Crippen LogP contribution in [0.4, 0.5) is 0 Å². The minimum absolute atomic E-state index is 0.0204. The number of pyridine rings is 2. The lowest BCUT2D eigenvalue weighted by molar-refractivity contribution is -0.491. The molecule has 0 spiro atoms. The third kappa shape index (κ3) is 2.69. The summed E-state index contributed by atoms with van der Waals surface area (Å²) in [4.78, 5) is 40.8. The van der Waals surface area contributed by atoms with Gasteiger partial charge in [-0.25, -0.2) is 9.78 Å². The van der Waals surface area contributed by atoms with E-state index in [1.165, 1.54) is 4.57 Å². The Hall–Kier alpha value is -3.63. The summed E-state index contributed by atoms with van der Waals surface area (Å²) in [5.74, 6) is -0.816. The SMILES string of the molecule is CC[C@@]1(O)C(=O)OCc2c1cc1n(c2=O)Cc2c-1nc1ccccc1c2C(O)C[N+](=O)[O-]. The van der Waals surface area contributed by atoms with Crippen molar-refractivity contribution in [3.8, 4) is 11.4 Å². The van der Waals surface area contributed by atoms with E-state index in [1.807, 2.05) is 0 Å². The molecule has 32 heavy (non-hydrogen) atoms. The Morgan fingerprint density at radius 2 is 2.06 bits per heavy atom. The highest BCUT2D eigenvalue weighted by Gasteiger charge is 2.45. The van der Waals surface area contributed by atoms with Crippen molar-refractivity contribution in [2.24, 2.45) is 0 Å². The number of benzene rings is 1. The van der Waals surface area contributed by atoms with Gasteiger partial charge >= 0.3 is 5.97 Å². The predicted octanol–water partition coefficient (Wildman–Crippen LogP) is 1.39. The number of rotatable bonds is 4. The molecule has 0 bridgehead atoms. The highest BCUT2D eigenvalue weighted by molar-refractivity contribution is 5.89. The van der Waals surface area contributed by atoms with Crippen LogP contribution >= 0.6 is 0 Å². The number of carbonyl (C=O) groups excluding carboxylic acids is 1. The molecule has 0 amide bonds. The summed E-state index contributed by atoms with van der Waals surface area (Å²) in [6.45, 7) is 0.725. The van der Waals surface area contributed by atoms with Crippen molar-refractivity contribution in [2.45, 2.75) is 38.2 Å². The molecule has 2 N–H and O–H groups in total. The van der Waals surface area contributed by atoms with Gasteiger partial charge in [-0.2, -0.15) is 0 Å². The van der Waals surface area contributed by atoms with Gasteiger partial charge in [-0.1, -0.05) is 25.1 Å². The predicted molar refractivity (Wildman–Crippen MR) is 111 cm³/mol. The van der Waals surface area contributed by atoms with Crippen LogP contribution in [0, 0.1) is 10.1 Å². The molecule has 2 aliphatic heterocycles. The molecule has 2 aliphatic rings. The Morgan fingerprint density at radius 3 is 2.78 bits per heavy atom. The maximum Gasteiger partial charge on any atom is 0.343 e. The van der Waals surface area contributed by atoms with Crippen molar-refractivity contribution in [3.05, 3.63) is 73.1 Å². The fourth-order valence-electron chi connectivity index (χ4n) is 4.67. The molecule has 0 radical (unpaired) electrons. The van der Waals surface area contributed by atoms with E-state index < -0.39 is 34.7 Å². The Bertz CT molecular complexity index is 1380. The Labute approximate surface area is 180 Å². The quantitative estimate of drug-likeness (QED) is 0.277. The zero-order valence-corrected chi connectivity index (χ0v) is 17.1. The summed E-state index contributed by atoms with van der Waals surface area (Å²) in [7, 11) is 0. The second-order valence-corrected chi connectivity index (χ2v) is 8.00. The van der Waals surface area contributed by atoms with Crippen LogP contribution in [0.2, 0.25) is 0 Å². The van der Waals surface area contributed by atoms with Crippen molar-refractivity contribution in [1.82, 2.24) is 9.55 Å². The van der Waals surface area contributed by atoms with Gasteiger partial charge in [0.1, 0.15) is 12.7 Å². The lowest BCUT2D eigenvalue weighted by Gasteiger charge is -2.31. The average Bonchev–Trinajstić information content (AvgIpc) is 3.13. The van der Waals surface area contributed by atoms with Crippen LogP contribution < -0.4 is 5.56 Å². The molecule has 2 atom stereocenters. The van der Waals surface area contributed by atoms with Crippen molar-refractivity contribution < 1.29 is 24.7 Å². The van der Waals surface area contributed by atoms with Crippen molar-refractivity contribution in [2.75, 3.05) is 6.54 Å². The lowest BCUT2D eigenvalue weighted by atomic mass is 9.86. The fraction of sp³-hybridized carbons (Fsp3) is 0.318. The molecule has 3 aromatic rings. The number of ether oxygens (including phenoxy) is 1. The molecule has 10 heteroatoms. The van der Waals surface area contributed by atoms with Gasteiger partial charge in [-0.15, -0.1) is 0 Å². The monoisotopic (exact) mass is 437 g/mol. The number of carbonyl (C=O) groups is 1. The van der Waals surface area contributed by atoms with Crippen LogP contribution in [0.5, 0.6) is 0 Å². The maximum atomic E-state index is 13.3. The standard InChI is InChI=1S/C22H19N3O7/c1-2-22(29)14-7-16-19-12(8-24(16)20(27)13(14)10-32-21(22)28)18(17(26)9-25(30)31)11-5-3-4-6-15(11)23-19/h3-7,17,26,29H,2,8-10H2,1H3/t17?,22-/m0/s1. The fourth-order valence-corrected chi connectivity index (χ4v) is 4.67. The van der Waals surface area contributed by atoms with Gasteiger partial charge in [-0.3, -0.25) is 14.9 Å². The topological polar surface area (TPSA) is 145 Å². The number of aliphatic hydroxyl groups excluding tert-OH is 1. The molecule has 4 heterocycles. The number of esters is 1. The second-order valence-electron chi connectivity index (χ2n) is 8.00. The first-order valence-electron chi connectivity index (χ1n) is 10.1. The van der Waals surface area contributed by atoms with Gasteiger partial charge < -0.3 is 19.5 Å². The minimum Gasteiger partial charge on any atom is -0.458 e. The van der Waals surface area contributed by atoms with Crippen molar-refractivity contribution in [3.63, 3.8) is 0 Å². The molecule has 1 unspecified atom stereocenters. The molecule has 10 nitrogen and oxygen atoms in total. The second kappa shape index (κ2) is 6.94. The van der Waals surface area contributed by atoms with E-state index in [0.717, 1.165) is 0 Å². The van der Waals surface area contributed by atoms with Gasteiger partial charge in [0.05, 0.1) is 29.0 Å². The number of nitro groups is 1. The Morgan fingerprint density at radius 1 is 1.31 bits per heavy atom. The summed E-state index contributed by atoms with van der Waals surface area (Å²) in [5, 5.41) is 33.3. The molecule has 5 rings (SSSR count). The molecular weight excluding hydrogens is 418 g/mol. The van der Waals surface area contributed by atoms with E-state index in [4.69, 9.17) is 4.74 Å². The van der Waals surface area contributed by atoms with E-state index >= 15 is 0 Å². The summed E-state index contributed by atoms with van der Waals surface area (Å²) in [6.07, 6.45) is -1.38. The van der Waals surface area contributed by atoms with Gasteiger partial charge in [0.2, 0.25) is 6.54 Å². The third-order valence-corrected chi connectivity index (χ3v) is 6.29. The Balaban J connectivity index is 1.81. The van der Waals surface area contributed by atoms with Gasteiger partial charge in [0, 0.05) is 27.0 Å². The zero-order valence-electron chi connectivity index (χ0n) is 17.1.